The van der Waals surface area contributed by atoms with E-state index in [4.69, 9.17) is 4.42 Å². The van der Waals surface area contributed by atoms with Gasteiger partial charge in [0.05, 0.1) is 11.6 Å². The highest BCUT2D eigenvalue weighted by Gasteiger charge is 2.27. The first kappa shape index (κ1) is 23.2. The quantitative estimate of drug-likeness (QED) is 0.325. The highest BCUT2D eigenvalue weighted by atomic mass is 79.9. The summed E-state index contributed by atoms with van der Waals surface area (Å²) < 4.78 is 45.3. The lowest BCUT2D eigenvalue weighted by atomic mass is 10.0. The van der Waals surface area contributed by atoms with Crippen LogP contribution in [0.2, 0.25) is 0 Å². The number of fused-ring (bicyclic) bond motifs is 1. The number of carboxylic acids is 1. The summed E-state index contributed by atoms with van der Waals surface area (Å²) in [4.78, 5) is 16.4. The van der Waals surface area contributed by atoms with Crippen LogP contribution in [-0.2, 0) is 16.4 Å². The summed E-state index contributed by atoms with van der Waals surface area (Å²) in [7, 11) is -3.62. The number of anilines is 1. The van der Waals surface area contributed by atoms with Crippen molar-refractivity contribution in [3.63, 3.8) is 0 Å². The molecule has 166 valence electrons. The van der Waals surface area contributed by atoms with Crippen LogP contribution in [0, 0.1) is 5.82 Å². The number of aryl methyl sites for hydroxylation is 1. The third-order valence-corrected chi connectivity index (χ3v) is 6.54. The maximum Gasteiger partial charge on any atom is 0.340 e. The second-order valence-electron chi connectivity index (χ2n) is 7.03. The van der Waals surface area contributed by atoms with Crippen molar-refractivity contribution in [1.29, 1.82) is 0 Å². The molecule has 0 saturated heterocycles. The fraction of sp³-hybridized carbons (Fsp3) is 0.333. The van der Waals surface area contributed by atoms with E-state index in [0.717, 1.165) is 18.0 Å². The molecule has 0 saturated carbocycles. The summed E-state index contributed by atoms with van der Waals surface area (Å²) in [6, 6.07) is 6.87. The van der Waals surface area contributed by atoms with Crippen molar-refractivity contribution in [2.24, 2.45) is 0 Å². The van der Waals surface area contributed by atoms with E-state index in [-0.39, 0.29) is 34.8 Å². The van der Waals surface area contributed by atoms with E-state index in [1.807, 2.05) is 6.92 Å². The maximum absolute atomic E-state index is 13.3. The Hall–Kier alpha value is -2.46. The number of rotatable bonds is 9. The summed E-state index contributed by atoms with van der Waals surface area (Å²) in [6.07, 6.45) is 2.97. The minimum Gasteiger partial charge on any atom is -0.478 e. The highest BCUT2D eigenvalue weighted by molar-refractivity contribution is 9.09. The number of carbonyl (C=O) groups is 1. The number of pyridine rings is 1. The lowest BCUT2D eigenvalue weighted by molar-refractivity contribution is 0.0699. The molecule has 0 aliphatic rings. The zero-order chi connectivity index (χ0) is 22.8. The van der Waals surface area contributed by atoms with Gasteiger partial charge in [0.25, 0.3) is 0 Å². The van der Waals surface area contributed by atoms with E-state index in [1.165, 1.54) is 28.6 Å². The molecule has 0 amide bonds. The Morgan fingerprint density at radius 2 is 1.94 bits per heavy atom. The highest BCUT2D eigenvalue weighted by Crippen LogP contribution is 2.36. The number of sulfonamides is 1. The molecule has 2 heterocycles. The molecule has 0 bridgehead atoms. The average Bonchev–Trinajstić information content (AvgIpc) is 3.08. The number of aromatic carboxylic acids is 1. The number of hydrogen-bond acceptors (Lipinski definition) is 5. The minimum atomic E-state index is -3.62. The Balaban J connectivity index is 2.23. The molecule has 0 spiro atoms. The number of alkyl halides is 1. The normalized spacial score (nSPS) is 11.7. The van der Waals surface area contributed by atoms with Gasteiger partial charge in [-0.25, -0.2) is 17.6 Å². The summed E-state index contributed by atoms with van der Waals surface area (Å²) in [5.74, 6) is -1.41. The summed E-state index contributed by atoms with van der Waals surface area (Å²) in [5, 5.41) is 10.8. The average molecular weight is 513 g/mol. The molecule has 0 aliphatic carbocycles. The van der Waals surface area contributed by atoms with E-state index in [0.29, 0.717) is 24.0 Å². The molecule has 7 nitrogen and oxygen atoms in total. The zero-order valence-electron chi connectivity index (χ0n) is 17.1. The van der Waals surface area contributed by atoms with Gasteiger partial charge in [0.1, 0.15) is 17.2 Å². The van der Waals surface area contributed by atoms with Gasteiger partial charge in [-0.1, -0.05) is 22.9 Å². The molecule has 31 heavy (non-hydrogen) atoms. The maximum atomic E-state index is 13.3. The van der Waals surface area contributed by atoms with Gasteiger partial charge in [0, 0.05) is 17.4 Å². The van der Waals surface area contributed by atoms with E-state index in [9.17, 15) is 22.7 Å². The molecule has 0 aliphatic heterocycles. The number of unbranched alkanes of at least 4 members (excludes halogenated alkanes) is 1. The Labute approximate surface area is 188 Å². The molecule has 3 aromatic rings. The number of nitrogens with zero attached hydrogens (tertiary/aromatic N) is 2. The number of halogens is 2. The van der Waals surface area contributed by atoms with E-state index in [1.54, 1.807) is 6.07 Å². The second-order valence-corrected chi connectivity index (χ2v) is 9.73. The van der Waals surface area contributed by atoms with E-state index < -0.39 is 21.8 Å². The Morgan fingerprint density at radius 1 is 1.26 bits per heavy atom. The van der Waals surface area contributed by atoms with Crippen LogP contribution in [0.4, 0.5) is 10.2 Å². The van der Waals surface area contributed by atoms with Crippen LogP contribution in [0.25, 0.3) is 22.4 Å². The predicted octanol–water partition coefficient (Wildman–Crippen LogP) is 4.84. The molecule has 1 N–H and O–H groups in total. The van der Waals surface area contributed by atoms with Gasteiger partial charge >= 0.3 is 5.97 Å². The third kappa shape index (κ3) is 4.90. The van der Waals surface area contributed by atoms with Gasteiger partial charge in [-0.3, -0.25) is 4.31 Å². The van der Waals surface area contributed by atoms with Crippen LogP contribution >= 0.6 is 15.9 Å². The first-order chi connectivity index (χ1) is 14.7. The second kappa shape index (κ2) is 9.35. The summed E-state index contributed by atoms with van der Waals surface area (Å²) in [5.41, 5.74) is 0.887. The smallest absolute Gasteiger partial charge is 0.340 e. The fourth-order valence-corrected chi connectivity index (χ4v) is 4.66. The van der Waals surface area contributed by atoms with Gasteiger partial charge in [0.2, 0.25) is 15.7 Å². The van der Waals surface area contributed by atoms with Gasteiger partial charge in [-0.05, 0) is 55.2 Å². The van der Waals surface area contributed by atoms with E-state index in [2.05, 4.69) is 20.9 Å². The fourth-order valence-electron chi connectivity index (χ4n) is 3.33. The van der Waals surface area contributed by atoms with Crippen molar-refractivity contribution in [3.8, 4) is 11.3 Å². The van der Waals surface area contributed by atoms with Gasteiger partial charge in [-0.15, -0.1) is 0 Å². The van der Waals surface area contributed by atoms with Crippen molar-refractivity contribution < 1.29 is 27.1 Å². The molecule has 2 aromatic heterocycles. The molecule has 0 radical (unpaired) electrons. The van der Waals surface area contributed by atoms with Crippen LogP contribution in [-0.4, -0.2) is 42.6 Å². The van der Waals surface area contributed by atoms with Crippen LogP contribution < -0.4 is 4.31 Å². The monoisotopic (exact) mass is 512 g/mol. The van der Waals surface area contributed by atoms with Crippen LogP contribution in [0.5, 0.6) is 0 Å². The first-order valence-electron chi connectivity index (χ1n) is 9.66. The number of hydrogen-bond donors (Lipinski definition) is 1. The lowest BCUT2D eigenvalue weighted by Crippen LogP contribution is -2.32. The standard InChI is InChI=1S/C21H22BrFN2O5S/c1-3-13-12-16-17(21(26)27)18(14-6-8-15(23)9-7-14)30-20(16)24-19(13)25(31(2,28)29)11-5-4-10-22/h6-9,12H,3-5,10-11H2,1-2H3,(H,26,27). The molecular formula is C21H22BrFN2O5S. The van der Waals surface area contributed by atoms with Gasteiger partial charge in [-0.2, -0.15) is 4.98 Å². The first-order valence-corrected chi connectivity index (χ1v) is 12.6. The SMILES string of the molecule is CCc1cc2c(C(=O)O)c(-c3ccc(F)cc3)oc2nc1N(CCCCBr)S(C)(=O)=O. The van der Waals surface area contributed by atoms with Crippen molar-refractivity contribution in [1.82, 2.24) is 4.98 Å². The Bertz CT molecular complexity index is 1210. The molecule has 1 aromatic carbocycles. The van der Waals surface area contributed by atoms with E-state index >= 15 is 0 Å². The van der Waals surface area contributed by atoms with Crippen LogP contribution in [0.1, 0.15) is 35.7 Å². The number of carboxylic acid groups (broad SMARTS) is 1. The number of aromatic nitrogens is 1. The molecule has 0 atom stereocenters. The Morgan fingerprint density at radius 3 is 2.48 bits per heavy atom. The Kier molecular flexibility index (Phi) is 7.00. The zero-order valence-corrected chi connectivity index (χ0v) is 19.5. The number of benzene rings is 1. The van der Waals surface area contributed by atoms with Crippen LogP contribution in [0.3, 0.4) is 0 Å². The molecule has 3 rings (SSSR count). The van der Waals surface area contributed by atoms with Crippen molar-refractivity contribution in [2.45, 2.75) is 26.2 Å². The van der Waals surface area contributed by atoms with Crippen LogP contribution in [0.15, 0.2) is 34.7 Å². The lowest BCUT2D eigenvalue weighted by Gasteiger charge is -2.23. The largest absolute Gasteiger partial charge is 0.478 e. The molecule has 10 heteroatoms. The number of furan rings is 1. The summed E-state index contributed by atoms with van der Waals surface area (Å²) in [6.45, 7) is 2.08. The molecular weight excluding hydrogens is 491 g/mol. The van der Waals surface area contributed by atoms with Crippen molar-refractivity contribution >= 4 is 48.8 Å². The predicted molar refractivity (Wildman–Crippen MR) is 121 cm³/mol. The van der Waals surface area contributed by atoms with Gasteiger partial charge in [0.15, 0.2) is 5.76 Å². The van der Waals surface area contributed by atoms with Crippen molar-refractivity contribution in [3.05, 3.63) is 47.3 Å². The topological polar surface area (TPSA) is 101 Å². The minimum absolute atomic E-state index is 0.0121. The van der Waals surface area contributed by atoms with Crippen molar-refractivity contribution in [2.75, 3.05) is 22.4 Å². The van der Waals surface area contributed by atoms with Gasteiger partial charge < -0.3 is 9.52 Å². The summed E-state index contributed by atoms with van der Waals surface area (Å²) >= 11 is 3.34. The molecule has 0 unspecified atom stereocenters. The third-order valence-electron chi connectivity index (χ3n) is 4.82. The molecule has 0 fully saturated rings.